The van der Waals surface area contributed by atoms with Crippen molar-refractivity contribution in [2.45, 2.75) is 39.0 Å². The standard InChI is InChI=1S/C23H30N4O/c1-4-13-28-21-7-5-18(14-16(21)2)25-22-8-6-19-20(15-24-23(19)26-22)17-9-11-27(3)12-10-17/h5-8,14-15,17H,4,9-13H2,1-3H3,(H2,24,25,26). The number of aromatic amines is 1. The Hall–Kier alpha value is -2.53. The molecule has 1 aromatic carbocycles. The summed E-state index contributed by atoms with van der Waals surface area (Å²) in [5, 5.41) is 4.67. The molecule has 5 heteroatoms. The van der Waals surface area contributed by atoms with Crippen LogP contribution in [0.2, 0.25) is 0 Å². The molecule has 28 heavy (non-hydrogen) atoms. The van der Waals surface area contributed by atoms with Gasteiger partial charge in [-0.3, -0.25) is 0 Å². The van der Waals surface area contributed by atoms with E-state index in [-0.39, 0.29) is 0 Å². The minimum absolute atomic E-state index is 0.629. The molecule has 0 unspecified atom stereocenters. The Morgan fingerprint density at radius 1 is 1.21 bits per heavy atom. The van der Waals surface area contributed by atoms with Gasteiger partial charge in [0.2, 0.25) is 0 Å². The van der Waals surface area contributed by atoms with Crippen molar-refractivity contribution < 1.29 is 4.74 Å². The number of piperidine rings is 1. The van der Waals surface area contributed by atoms with Gasteiger partial charge in [0.1, 0.15) is 17.2 Å². The van der Waals surface area contributed by atoms with Crippen molar-refractivity contribution in [3.05, 3.63) is 47.7 Å². The van der Waals surface area contributed by atoms with Crippen molar-refractivity contribution in [3.8, 4) is 5.75 Å². The molecular formula is C23H30N4O. The van der Waals surface area contributed by atoms with E-state index in [0.29, 0.717) is 5.92 Å². The Morgan fingerprint density at radius 2 is 2.04 bits per heavy atom. The van der Waals surface area contributed by atoms with Gasteiger partial charge in [-0.05, 0) is 93.7 Å². The molecular weight excluding hydrogens is 348 g/mol. The zero-order valence-electron chi connectivity index (χ0n) is 17.1. The maximum Gasteiger partial charge on any atom is 0.140 e. The predicted molar refractivity (Wildman–Crippen MR) is 116 cm³/mol. The zero-order chi connectivity index (χ0) is 19.5. The number of fused-ring (bicyclic) bond motifs is 1. The molecule has 5 nitrogen and oxygen atoms in total. The third kappa shape index (κ3) is 3.99. The highest BCUT2D eigenvalue weighted by Gasteiger charge is 2.21. The van der Waals surface area contributed by atoms with Gasteiger partial charge in [0.15, 0.2) is 0 Å². The van der Waals surface area contributed by atoms with Crippen LogP contribution < -0.4 is 10.1 Å². The Morgan fingerprint density at radius 3 is 2.79 bits per heavy atom. The van der Waals surface area contributed by atoms with Gasteiger partial charge in [0.25, 0.3) is 0 Å². The number of nitrogens with one attached hydrogen (secondary N) is 2. The Labute approximate surface area is 167 Å². The van der Waals surface area contributed by atoms with Crippen LogP contribution in [0.3, 0.4) is 0 Å². The number of anilines is 2. The first-order chi connectivity index (χ1) is 13.6. The second-order valence-electron chi connectivity index (χ2n) is 7.87. The average Bonchev–Trinajstić information content (AvgIpc) is 3.11. The molecule has 0 radical (unpaired) electrons. The topological polar surface area (TPSA) is 53.2 Å². The summed E-state index contributed by atoms with van der Waals surface area (Å²) in [5.74, 6) is 2.43. The quantitative estimate of drug-likeness (QED) is 0.618. The number of ether oxygens (including phenoxy) is 1. The molecule has 1 aliphatic heterocycles. The van der Waals surface area contributed by atoms with Crippen LogP contribution in [0.5, 0.6) is 5.75 Å². The summed E-state index contributed by atoms with van der Waals surface area (Å²) in [6.45, 7) is 7.28. The van der Waals surface area contributed by atoms with Crippen LogP contribution in [0.25, 0.3) is 11.0 Å². The normalized spacial score (nSPS) is 15.8. The molecule has 3 aromatic rings. The number of rotatable bonds is 6. The van der Waals surface area contributed by atoms with Crippen molar-refractivity contribution in [1.29, 1.82) is 0 Å². The molecule has 4 rings (SSSR count). The zero-order valence-corrected chi connectivity index (χ0v) is 17.1. The lowest BCUT2D eigenvalue weighted by Crippen LogP contribution is -2.29. The number of aromatic nitrogens is 2. The maximum absolute atomic E-state index is 5.76. The lowest BCUT2D eigenvalue weighted by Gasteiger charge is -2.28. The van der Waals surface area contributed by atoms with Crippen LogP contribution in [0.1, 0.15) is 43.2 Å². The molecule has 0 atom stereocenters. The number of aryl methyl sites for hydroxylation is 1. The molecule has 0 aliphatic carbocycles. The molecule has 2 aromatic heterocycles. The summed E-state index contributed by atoms with van der Waals surface area (Å²) in [6, 6.07) is 10.4. The van der Waals surface area contributed by atoms with E-state index in [0.717, 1.165) is 41.5 Å². The van der Waals surface area contributed by atoms with Crippen LogP contribution in [-0.4, -0.2) is 41.6 Å². The molecule has 0 bridgehead atoms. The summed E-state index contributed by atoms with van der Waals surface area (Å²) in [7, 11) is 2.20. The number of hydrogen-bond acceptors (Lipinski definition) is 4. The molecule has 2 N–H and O–H groups in total. The van der Waals surface area contributed by atoms with Crippen molar-refractivity contribution in [2.24, 2.45) is 0 Å². The SMILES string of the molecule is CCCOc1ccc(Nc2ccc3c(C4CCN(C)CC4)c[nH]c3n2)cc1C. The molecule has 0 amide bonds. The van der Waals surface area contributed by atoms with E-state index in [1.807, 2.05) is 12.1 Å². The van der Waals surface area contributed by atoms with Crippen LogP contribution in [0, 0.1) is 6.92 Å². The third-order valence-electron chi connectivity index (χ3n) is 5.64. The minimum atomic E-state index is 0.629. The summed E-state index contributed by atoms with van der Waals surface area (Å²) < 4.78 is 5.76. The molecule has 1 aliphatic rings. The number of hydrogen-bond donors (Lipinski definition) is 2. The van der Waals surface area contributed by atoms with E-state index < -0.39 is 0 Å². The largest absolute Gasteiger partial charge is 0.493 e. The Bertz CT molecular complexity index is 941. The lowest BCUT2D eigenvalue weighted by molar-refractivity contribution is 0.256. The summed E-state index contributed by atoms with van der Waals surface area (Å²) in [6.07, 6.45) is 5.60. The van der Waals surface area contributed by atoms with E-state index in [1.165, 1.54) is 36.9 Å². The van der Waals surface area contributed by atoms with Crippen molar-refractivity contribution in [3.63, 3.8) is 0 Å². The first-order valence-electron chi connectivity index (χ1n) is 10.3. The lowest BCUT2D eigenvalue weighted by atomic mass is 9.90. The average molecular weight is 379 g/mol. The molecule has 1 saturated heterocycles. The molecule has 148 valence electrons. The summed E-state index contributed by atoms with van der Waals surface area (Å²) >= 11 is 0. The highest BCUT2D eigenvalue weighted by Crippen LogP contribution is 2.33. The van der Waals surface area contributed by atoms with Crippen LogP contribution in [0.15, 0.2) is 36.5 Å². The van der Waals surface area contributed by atoms with Gasteiger partial charge < -0.3 is 19.9 Å². The number of nitrogens with zero attached hydrogens (tertiary/aromatic N) is 2. The monoisotopic (exact) mass is 378 g/mol. The summed E-state index contributed by atoms with van der Waals surface area (Å²) in [5.41, 5.74) is 4.52. The smallest absolute Gasteiger partial charge is 0.140 e. The fourth-order valence-corrected chi connectivity index (χ4v) is 4.00. The van der Waals surface area contributed by atoms with Gasteiger partial charge in [-0.25, -0.2) is 4.98 Å². The Balaban J connectivity index is 1.50. The summed E-state index contributed by atoms with van der Waals surface area (Å²) in [4.78, 5) is 10.6. The van der Waals surface area contributed by atoms with Gasteiger partial charge in [0, 0.05) is 17.3 Å². The van der Waals surface area contributed by atoms with Crippen molar-refractivity contribution >= 4 is 22.5 Å². The van der Waals surface area contributed by atoms with Gasteiger partial charge in [-0.1, -0.05) is 6.92 Å². The fourth-order valence-electron chi connectivity index (χ4n) is 4.00. The maximum atomic E-state index is 5.76. The van der Waals surface area contributed by atoms with Gasteiger partial charge in [-0.2, -0.15) is 0 Å². The highest BCUT2D eigenvalue weighted by molar-refractivity contribution is 5.82. The first kappa shape index (κ1) is 18.8. The molecule has 1 fully saturated rings. The van der Waals surface area contributed by atoms with Gasteiger partial charge in [0.05, 0.1) is 6.61 Å². The van der Waals surface area contributed by atoms with E-state index in [9.17, 15) is 0 Å². The van der Waals surface area contributed by atoms with Crippen LogP contribution in [-0.2, 0) is 0 Å². The predicted octanol–water partition coefficient (Wildman–Crippen LogP) is 5.21. The van der Waals surface area contributed by atoms with Crippen LogP contribution in [0.4, 0.5) is 11.5 Å². The number of H-pyrrole nitrogens is 1. The number of likely N-dealkylation sites (tertiary alicyclic amines) is 1. The van der Waals surface area contributed by atoms with Crippen molar-refractivity contribution in [1.82, 2.24) is 14.9 Å². The highest BCUT2D eigenvalue weighted by atomic mass is 16.5. The molecule has 0 saturated carbocycles. The number of benzene rings is 1. The van der Waals surface area contributed by atoms with Crippen LogP contribution >= 0.6 is 0 Å². The van der Waals surface area contributed by atoms with Gasteiger partial charge in [-0.15, -0.1) is 0 Å². The second kappa shape index (κ2) is 8.23. The third-order valence-corrected chi connectivity index (χ3v) is 5.64. The molecule has 0 spiro atoms. The van der Waals surface area contributed by atoms with Gasteiger partial charge >= 0.3 is 0 Å². The second-order valence-corrected chi connectivity index (χ2v) is 7.87. The minimum Gasteiger partial charge on any atom is -0.493 e. The van der Waals surface area contributed by atoms with E-state index >= 15 is 0 Å². The first-order valence-corrected chi connectivity index (χ1v) is 10.3. The number of pyridine rings is 1. The van der Waals surface area contributed by atoms with Crippen molar-refractivity contribution in [2.75, 3.05) is 32.1 Å². The fraction of sp³-hybridized carbons (Fsp3) is 0.435. The van der Waals surface area contributed by atoms with E-state index in [2.05, 4.69) is 60.5 Å². The van der Waals surface area contributed by atoms with E-state index in [1.54, 1.807) is 0 Å². The van der Waals surface area contributed by atoms with E-state index in [4.69, 9.17) is 9.72 Å². The molecule has 3 heterocycles. The Kier molecular flexibility index (Phi) is 5.53.